The summed E-state index contributed by atoms with van der Waals surface area (Å²) in [6.07, 6.45) is 6.00. The second kappa shape index (κ2) is 10.6. The minimum absolute atomic E-state index is 0.147. The molecule has 1 aliphatic carbocycles. The van der Waals surface area contributed by atoms with Gasteiger partial charge in [0.1, 0.15) is 5.69 Å². The number of alkyl halides is 3. The van der Waals surface area contributed by atoms with Gasteiger partial charge in [0.2, 0.25) is 0 Å². The molecule has 0 radical (unpaired) electrons. The standard InChI is InChI=1S/C18H29N3OS.C2HF3O2/c1-14-16(20-15(23-14)7-11-19)17(22)21-12-6-5-10-18(13-21)8-3-2-4-9-18;3-2(4,5)1(6)7/h2-13,19H2,1H3;(H,6,7). The van der Waals surface area contributed by atoms with Crippen molar-refractivity contribution < 1.29 is 27.9 Å². The molecule has 10 heteroatoms. The number of hydrogen-bond acceptors (Lipinski definition) is 5. The fourth-order valence-corrected chi connectivity index (χ4v) is 5.22. The number of likely N-dealkylation sites (tertiary alicyclic amines) is 1. The van der Waals surface area contributed by atoms with Gasteiger partial charge in [-0.05, 0) is 44.6 Å². The van der Waals surface area contributed by atoms with Crippen LogP contribution < -0.4 is 5.73 Å². The van der Waals surface area contributed by atoms with Crippen molar-refractivity contribution in [2.45, 2.75) is 70.9 Å². The summed E-state index contributed by atoms with van der Waals surface area (Å²) in [5.41, 5.74) is 6.68. The molecule has 0 atom stereocenters. The van der Waals surface area contributed by atoms with Crippen molar-refractivity contribution in [2.24, 2.45) is 11.1 Å². The number of rotatable bonds is 3. The number of carboxylic acids is 1. The molecule has 1 aliphatic heterocycles. The molecule has 1 saturated heterocycles. The zero-order valence-corrected chi connectivity index (χ0v) is 18.1. The van der Waals surface area contributed by atoms with Gasteiger partial charge < -0.3 is 15.7 Å². The molecule has 30 heavy (non-hydrogen) atoms. The van der Waals surface area contributed by atoms with Crippen molar-refractivity contribution in [3.63, 3.8) is 0 Å². The molecule has 1 spiro atoms. The predicted octanol–water partition coefficient (Wildman–Crippen LogP) is 4.16. The van der Waals surface area contributed by atoms with Crippen LogP contribution in [-0.2, 0) is 11.2 Å². The van der Waals surface area contributed by atoms with Crippen LogP contribution in [0.5, 0.6) is 0 Å². The number of nitrogens with zero attached hydrogens (tertiary/aromatic N) is 2. The lowest BCUT2D eigenvalue weighted by atomic mass is 9.71. The highest BCUT2D eigenvalue weighted by Gasteiger charge is 2.38. The number of carbonyl (C=O) groups is 2. The SMILES string of the molecule is Cc1sc(CCN)nc1C(=O)N1CCCCC2(CCCCC2)C1.O=C(O)C(F)(F)F. The summed E-state index contributed by atoms with van der Waals surface area (Å²) < 4.78 is 31.7. The molecule has 6 nitrogen and oxygen atoms in total. The van der Waals surface area contributed by atoms with Crippen LogP contribution in [0.4, 0.5) is 13.2 Å². The third-order valence-corrected chi connectivity index (χ3v) is 6.79. The molecule has 1 aromatic heterocycles. The second-order valence-electron chi connectivity index (χ2n) is 8.10. The lowest BCUT2D eigenvalue weighted by Crippen LogP contribution is -2.41. The molecule has 170 valence electrons. The third-order valence-electron chi connectivity index (χ3n) is 5.76. The van der Waals surface area contributed by atoms with Gasteiger partial charge in [0.25, 0.3) is 5.91 Å². The first-order chi connectivity index (χ1) is 14.1. The minimum Gasteiger partial charge on any atom is -0.475 e. The number of hydrogen-bond donors (Lipinski definition) is 2. The van der Waals surface area contributed by atoms with Gasteiger partial charge in [-0.15, -0.1) is 11.3 Å². The normalized spacial score (nSPS) is 19.0. The van der Waals surface area contributed by atoms with Crippen LogP contribution in [0.2, 0.25) is 0 Å². The second-order valence-corrected chi connectivity index (χ2v) is 9.39. The molecule has 2 aliphatic rings. The average molecular weight is 450 g/mol. The molecular weight excluding hydrogens is 419 g/mol. The third kappa shape index (κ3) is 6.66. The molecule has 3 rings (SSSR count). The van der Waals surface area contributed by atoms with Gasteiger partial charge in [-0.3, -0.25) is 4.79 Å². The number of nitrogens with two attached hydrogens (primary N) is 1. The quantitative estimate of drug-likeness (QED) is 0.722. The molecule has 1 aromatic rings. The van der Waals surface area contributed by atoms with E-state index in [1.165, 1.54) is 44.9 Å². The van der Waals surface area contributed by atoms with Crippen LogP contribution in [-0.4, -0.2) is 52.7 Å². The first-order valence-electron chi connectivity index (χ1n) is 10.3. The molecule has 1 amide bonds. The average Bonchev–Trinajstić information content (AvgIpc) is 2.92. The summed E-state index contributed by atoms with van der Waals surface area (Å²) in [5.74, 6) is -2.61. The van der Waals surface area contributed by atoms with Crippen LogP contribution in [0, 0.1) is 12.3 Å². The van der Waals surface area contributed by atoms with Gasteiger partial charge in [0.15, 0.2) is 0 Å². The molecular formula is C20H30F3N3O3S. The Morgan fingerprint density at radius 2 is 1.73 bits per heavy atom. The number of carbonyl (C=O) groups excluding carboxylic acids is 1. The molecule has 0 aromatic carbocycles. The van der Waals surface area contributed by atoms with E-state index in [-0.39, 0.29) is 5.91 Å². The summed E-state index contributed by atoms with van der Waals surface area (Å²) in [6, 6.07) is 0. The lowest BCUT2D eigenvalue weighted by molar-refractivity contribution is -0.192. The van der Waals surface area contributed by atoms with Crippen molar-refractivity contribution in [1.29, 1.82) is 0 Å². The maximum absolute atomic E-state index is 13.1. The number of thiazole rings is 1. The number of aryl methyl sites for hydroxylation is 1. The summed E-state index contributed by atoms with van der Waals surface area (Å²) >= 11 is 1.62. The van der Waals surface area contributed by atoms with Crippen LogP contribution in [0.1, 0.15) is 71.7 Å². The number of aliphatic carboxylic acids is 1. The van der Waals surface area contributed by atoms with Crippen LogP contribution in [0.3, 0.4) is 0 Å². The van der Waals surface area contributed by atoms with Crippen LogP contribution in [0.25, 0.3) is 0 Å². The smallest absolute Gasteiger partial charge is 0.475 e. The summed E-state index contributed by atoms with van der Waals surface area (Å²) in [7, 11) is 0. The highest BCUT2D eigenvalue weighted by atomic mass is 32.1. The maximum atomic E-state index is 13.1. The Morgan fingerprint density at radius 3 is 2.27 bits per heavy atom. The zero-order valence-electron chi connectivity index (χ0n) is 17.3. The number of amides is 1. The Labute approximate surface area is 178 Å². The van der Waals surface area contributed by atoms with E-state index >= 15 is 0 Å². The number of carboxylic acid groups (broad SMARTS) is 1. The van der Waals surface area contributed by atoms with Crippen LogP contribution in [0.15, 0.2) is 0 Å². The van der Waals surface area contributed by atoms with Crippen LogP contribution >= 0.6 is 11.3 Å². The van der Waals surface area contributed by atoms with Gasteiger partial charge in [-0.25, -0.2) is 9.78 Å². The van der Waals surface area contributed by atoms with Gasteiger partial charge in [-0.1, -0.05) is 25.7 Å². The zero-order chi connectivity index (χ0) is 22.4. The van der Waals surface area contributed by atoms with Gasteiger partial charge >= 0.3 is 12.1 Å². The van der Waals surface area contributed by atoms with E-state index in [4.69, 9.17) is 15.6 Å². The highest BCUT2D eigenvalue weighted by Crippen LogP contribution is 2.43. The van der Waals surface area contributed by atoms with Crippen molar-refractivity contribution in [2.75, 3.05) is 19.6 Å². The van der Waals surface area contributed by atoms with Gasteiger partial charge in [0.05, 0.1) is 5.01 Å². The Balaban J connectivity index is 0.000000396. The predicted molar refractivity (Wildman–Crippen MR) is 109 cm³/mol. The van der Waals surface area contributed by atoms with Crippen molar-refractivity contribution in [1.82, 2.24) is 9.88 Å². The molecule has 0 bridgehead atoms. The van der Waals surface area contributed by atoms with E-state index in [2.05, 4.69) is 9.88 Å². The molecule has 1 saturated carbocycles. The largest absolute Gasteiger partial charge is 0.490 e. The topological polar surface area (TPSA) is 96.5 Å². The lowest BCUT2D eigenvalue weighted by Gasteiger charge is -2.39. The first kappa shape index (κ1) is 24.6. The Bertz CT molecular complexity index is 731. The molecule has 2 heterocycles. The summed E-state index contributed by atoms with van der Waals surface area (Å²) in [5, 5.41) is 8.12. The van der Waals surface area contributed by atoms with Crippen molar-refractivity contribution >= 4 is 23.2 Å². The molecule has 0 unspecified atom stereocenters. The minimum atomic E-state index is -5.08. The van der Waals surface area contributed by atoms with E-state index < -0.39 is 12.1 Å². The Kier molecular flexibility index (Phi) is 8.66. The fraction of sp³-hybridized carbons (Fsp3) is 0.750. The number of aromatic nitrogens is 1. The molecule has 3 N–H and O–H groups in total. The number of halogens is 3. The van der Waals surface area contributed by atoms with E-state index in [0.717, 1.165) is 35.8 Å². The maximum Gasteiger partial charge on any atom is 0.490 e. The van der Waals surface area contributed by atoms with E-state index in [1.807, 2.05) is 6.92 Å². The van der Waals surface area contributed by atoms with Crippen molar-refractivity contribution in [3.8, 4) is 0 Å². The Hall–Kier alpha value is -1.68. The summed E-state index contributed by atoms with van der Waals surface area (Å²) in [4.78, 5) is 29.7. The molecule has 2 fully saturated rings. The van der Waals surface area contributed by atoms with Gasteiger partial charge in [0, 0.05) is 24.4 Å². The first-order valence-corrected chi connectivity index (χ1v) is 11.2. The Morgan fingerprint density at radius 1 is 1.17 bits per heavy atom. The van der Waals surface area contributed by atoms with Crippen molar-refractivity contribution in [3.05, 3.63) is 15.6 Å². The van der Waals surface area contributed by atoms with Gasteiger partial charge in [-0.2, -0.15) is 13.2 Å². The fourth-order valence-electron chi connectivity index (χ4n) is 4.28. The monoisotopic (exact) mass is 449 g/mol. The highest BCUT2D eigenvalue weighted by molar-refractivity contribution is 7.11. The van der Waals surface area contributed by atoms with E-state index in [9.17, 15) is 18.0 Å². The summed E-state index contributed by atoms with van der Waals surface area (Å²) in [6.45, 7) is 4.44. The van der Waals surface area contributed by atoms with E-state index in [0.29, 0.717) is 17.7 Å². The van der Waals surface area contributed by atoms with E-state index in [1.54, 1.807) is 11.3 Å².